The Hall–Kier alpha value is -2.64. The van der Waals surface area contributed by atoms with Gasteiger partial charge in [-0.15, -0.1) is 4.36 Å². The van der Waals surface area contributed by atoms with Crippen LogP contribution in [-0.2, 0) is 42.1 Å². The molecule has 2 heterocycles. The lowest BCUT2D eigenvalue weighted by Crippen LogP contribution is -2.46. The summed E-state index contributed by atoms with van der Waals surface area (Å²) in [6.07, 6.45) is 2.55. The number of hydrogen-bond donors (Lipinski definition) is 2. The number of nitrogens with two attached hydrogens (primary N) is 1. The number of nitrogens with one attached hydrogen (secondary N) is 1. The van der Waals surface area contributed by atoms with Gasteiger partial charge in [-0.3, -0.25) is 4.90 Å². The lowest BCUT2D eigenvalue weighted by atomic mass is 9.99. The number of aromatic nitrogens is 2. The SMILES string of the molecule is CN(CC(F)(F)F)[C@@H]1COc2c(S(N)(=O)=NC(=O)Nc3c4c(cc5c3CCC5)CCC4)cnn2C1. The Bertz CT molecular complexity index is 1270. The minimum Gasteiger partial charge on any atom is -0.475 e. The number of halogens is 3. The maximum atomic E-state index is 13.2. The van der Waals surface area contributed by atoms with E-state index in [0.29, 0.717) is 0 Å². The molecule has 2 amide bonds. The van der Waals surface area contributed by atoms with Crippen molar-refractivity contribution in [1.82, 2.24) is 14.7 Å². The second-order valence-corrected chi connectivity index (χ2v) is 11.1. The molecule has 5 rings (SSSR count). The fraction of sp³-hybridized carbons (Fsp3) is 0.545. The highest BCUT2D eigenvalue weighted by atomic mass is 32.2. The van der Waals surface area contributed by atoms with Crippen LogP contribution in [0.2, 0.25) is 0 Å². The van der Waals surface area contributed by atoms with E-state index in [2.05, 4.69) is 20.8 Å². The monoisotopic (exact) mass is 512 g/mol. The summed E-state index contributed by atoms with van der Waals surface area (Å²) in [5.41, 5.74) is 5.45. The van der Waals surface area contributed by atoms with E-state index in [9.17, 15) is 22.2 Å². The average Bonchev–Trinajstić information content (AvgIpc) is 3.50. The Kier molecular flexibility index (Phi) is 6.04. The van der Waals surface area contributed by atoms with E-state index in [1.54, 1.807) is 0 Å². The number of urea groups is 1. The fourth-order valence-electron chi connectivity index (χ4n) is 5.21. The van der Waals surface area contributed by atoms with Gasteiger partial charge in [-0.25, -0.2) is 18.8 Å². The van der Waals surface area contributed by atoms with Gasteiger partial charge in [-0.2, -0.15) is 18.3 Å². The van der Waals surface area contributed by atoms with Crippen molar-refractivity contribution >= 4 is 21.6 Å². The van der Waals surface area contributed by atoms with Crippen LogP contribution in [-0.4, -0.2) is 57.3 Å². The number of carbonyl (C=O) groups is 1. The smallest absolute Gasteiger partial charge is 0.401 e. The van der Waals surface area contributed by atoms with Crippen LogP contribution < -0.4 is 15.2 Å². The highest BCUT2D eigenvalue weighted by Gasteiger charge is 2.35. The van der Waals surface area contributed by atoms with E-state index in [4.69, 9.17) is 9.88 Å². The summed E-state index contributed by atoms with van der Waals surface area (Å²) in [4.78, 5) is 13.9. The summed E-state index contributed by atoms with van der Waals surface area (Å²) in [5.74, 6) is 0.0483. The molecule has 13 heteroatoms. The zero-order chi connectivity index (χ0) is 25.0. The number of likely N-dealkylation sites (N-methyl/N-ethyl adjacent to an activating group) is 1. The quantitative estimate of drug-likeness (QED) is 0.654. The molecule has 2 aliphatic carbocycles. The lowest BCUT2D eigenvalue weighted by molar-refractivity contribution is -0.150. The molecule has 3 N–H and O–H groups in total. The number of aryl methyl sites for hydroxylation is 2. The normalized spacial score (nSPS) is 20.6. The average molecular weight is 513 g/mol. The van der Waals surface area contributed by atoms with Gasteiger partial charge in [0.2, 0.25) is 5.88 Å². The molecule has 0 spiro atoms. The largest absolute Gasteiger partial charge is 0.475 e. The van der Waals surface area contributed by atoms with Gasteiger partial charge in [-0.05, 0) is 67.8 Å². The first-order chi connectivity index (χ1) is 16.5. The molecule has 1 aromatic heterocycles. The number of amides is 2. The Balaban J connectivity index is 1.37. The third-order valence-corrected chi connectivity index (χ3v) is 8.19. The molecule has 1 aromatic carbocycles. The van der Waals surface area contributed by atoms with Crippen molar-refractivity contribution in [3.63, 3.8) is 0 Å². The topological polar surface area (TPSA) is 115 Å². The lowest BCUT2D eigenvalue weighted by Gasteiger charge is -2.32. The minimum absolute atomic E-state index is 0.0483. The predicted molar refractivity (Wildman–Crippen MR) is 123 cm³/mol. The van der Waals surface area contributed by atoms with Crippen molar-refractivity contribution in [2.75, 3.05) is 25.5 Å². The van der Waals surface area contributed by atoms with Crippen LogP contribution in [0.25, 0.3) is 0 Å². The van der Waals surface area contributed by atoms with E-state index >= 15 is 0 Å². The highest BCUT2D eigenvalue weighted by Crippen LogP contribution is 2.39. The molecule has 2 atom stereocenters. The van der Waals surface area contributed by atoms with Crippen molar-refractivity contribution in [1.29, 1.82) is 0 Å². The van der Waals surface area contributed by atoms with Gasteiger partial charge >= 0.3 is 12.2 Å². The molecule has 0 saturated heterocycles. The molecule has 0 saturated carbocycles. The summed E-state index contributed by atoms with van der Waals surface area (Å²) >= 11 is 0. The second-order valence-electron chi connectivity index (χ2n) is 9.32. The minimum atomic E-state index is -4.35. The predicted octanol–water partition coefficient (Wildman–Crippen LogP) is 3.05. The van der Waals surface area contributed by atoms with Crippen molar-refractivity contribution in [2.24, 2.45) is 9.50 Å². The maximum Gasteiger partial charge on any atom is 0.401 e. The Morgan fingerprint density at radius 3 is 2.57 bits per heavy atom. The zero-order valence-electron chi connectivity index (χ0n) is 19.2. The maximum absolute atomic E-state index is 13.2. The molecular weight excluding hydrogens is 485 g/mol. The number of fused-ring (bicyclic) bond motifs is 3. The molecule has 1 aliphatic heterocycles. The molecule has 2 aromatic rings. The molecule has 1 unspecified atom stereocenters. The number of anilines is 1. The number of alkyl halides is 3. The van der Waals surface area contributed by atoms with Gasteiger partial charge in [0.15, 0.2) is 9.92 Å². The van der Waals surface area contributed by atoms with E-state index in [-0.39, 0.29) is 23.9 Å². The number of ether oxygens (including phenoxy) is 1. The molecule has 0 bridgehead atoms. The summed E-state index contributed by atoms with van der Waals surface area (Å²) in [7, 11) is -2.36. The third-order valence-electron chi connectivity index (χ3n) is 6.85. The summed E-state index contributed by atoms with van der Waals surface area (Å²) < 4.78 is 62.1. The first kappa shape index (κ1) is 24.1. The van der Waals surface area contributed by atoms with Crippen LogP contribution in [0.5, 0.6) is 5.88 Å². The number of carbonyl (C=O) groups excluding carboxylic acids is 1. The molecule has 9 nitrogen and oxygen atoms in total. The van der Waals surface area contributed by atoms with Gasteiger partial charge in [0.1, 0.15) is 11.5 Å². The van der Waals surface area contributed by atoms with Crippen LogP contribution in [0.3, 0.4) is 0 Å². The highest BCUT2D eigenvalue weighted by molar-refractivity contribution is 7.91. The van der Waals surface area contributed by atoms with Crippen molar-refractivity contribution < 1.29 is 26.9 Å². The van der Waals surface area contributed by atoms with Crippen LogP contribution >= 0.6 is 0 Å². The number of rotatable bonds is 4. The second kappa shape index (κ2) is 8.79. The summed E-state index contributed by atoms with van der Waals surface area (Å²) in [6.45, 7) is -1.08. The first-order valence-electron chi connectivity index (χ1n) is 11.5. The van der Waals surface area contributed by atoms with Crippen LogP contribution in [0, 0.1) is 0 Å². The van der Waals surface area contributed by atoms with E-state index in [1.165, 1.54) is 29.1 Å². The van der Waals surface area contributed by atoms with Gasteiger partial charge < -0.3 is 10.1 Å². The molecular formula is C22H27F3N6O3S. The number of hydrogen-bond acceptors (Lipinski definition) is 5. The standard InChI is InChI=1S/C22H27F3N6O3S/c1-30(12-22(23,24)25)15-10-31-20(34-11-15)18(9-27-31)35(26,33)29-21(32)28-19-16-6-2-4-13(16)8-14-5-3-7-17(14)19/h8-9,15H,2-7,10-12H2,1H3,(H3,26,28,29,32,33)/t15-,35?/m0/s1. The van der Waals surface area contributed by atoms with Crippen LogP contribution in [0.15, 0.2) is 21.5 Å². The van der Waals surface area contributed by atoms with Gasteiger partial charge in [0, 0.05) is 5.69 Å². The Morgan fingerprint density at radius 1 is 1.29 bits per heavy atom. The van der Waals surface area contributed by atoms with Crippen molar-refractivity contribution in [3.05, 3.63) is 34.5 Å². The van der Waals surface area contributed by atoms with E-state index in [1.807, 2.05) is 0 Å². The van der Waals surface area contributed by atoms with E-state index < -0.39 is 34.7 Å². The summed E-state index contributed by atoms with van der Waals surface area (Å²) in [6, 6.07) is 0.832. The Labute approximate surface area is 201 Å². The van der Waals surface area contributed by atoms with Crippen molar-refractivity contribution in [3.8, 4) is 5.88 Å². The number of nitrogens with zero attached hydrogens (tertiary/aromatic N) is 4. The van der Waals surface area contributed by atoms with Crippen LogP contribution in [0.1, 0.15) is 35.1 Å². The molecule has 3 aliphatic rings. The molecule has 190 valence electrons. The third kappa shape index (κ3) is 4.76. The van der Waals surface area contributed by atoms with Gasteiger partial charge in [0.05, 0.1) is 25.3 Å². The van der Waals surface area contributed by atoms with Crippen LogP contribution in [0.4, 0.5) is 23.7 Å². The van der Waals surface area contributed by atoms with Gasteiger partial charge in [0.25, 0.3) is 0 Å². The molecule has 0 radical (unpaired) electrons. The van der Waals surface area contributed by atoms with Crippen molar-refractivity contribution in [2.45, 2.75) is 62.2 Å². The summed E-state index contributed by atoms with van der Waals surface area (Å²) in [5, 5.41) is 12.9. The molecule has 35 heavy (non-hydrogen) atoms. The molecule has 0 fully saturated rings. The van der Waals surface area contributed by atoms with E-state index in [0.717, 1.165) is 60.2 Å². The zero-order valence-corrected chi connectivity index (χ0v) is 20.0. The first-order valence-corrected chi connectivity index (χ1v) is 13.1. The number of benzene rings is 1. The fourth-order valence-corrected chi connectivity index (χ4v) is 6.21. The van der Waals surface area contributed by atoms with Gasteiger partial charge in [-0.1, -0.05) is 6.07 Å². The Morgan fingerprint density at radius 2 is 1.94 bits per heavy atom.